The fourth-order valence-corrected chi connectivity index (χ4v) is 3.74. The molecule has 0 bridgehead atoms. The summed E-state index contributed by atoms with van der Waals surface area (Å²) in [5, 5.41) is 12.5. The molecule has 2 unspecified atom stereocenters. The molecule has 2 rings (SSSR count). The van der Waals surface area contributed by atoms with Crippen molar-refractivity contribution in [1.82, 2.24) is 10.2 Å². The summed E-state index contributed by atoms with van der Waals surface area (Å²) < 4.78 is 5.61. The number of benzene rings is 1. The Labute approximate surface area is 166 Å². The van der Waals surface area contributed by atoms with Crippen LogP contribution < -0.4 is 5.32 Å². The van der Waals surface area contributed by atoms with Crippen molar-refractivity contribution in [3.8, 4) is 0 Å². The second-order valence-corrected chi connectivity index (χ2v) is 7.80. The zero-order valence-electron chi connectivity index (χ0n) is 17.0. The maximum absolute atomic E-state index is 12.6. The molecular formula is C21H30N2O5. The predicted octanol–water partition coefficient (Wildman–Crippen LogP) is 1.85. The Morgan fingerprint density at radius 3 is 2.39 bits per heavy atom. The number of nitrogens with zero attached hydrogens (tertiary/aromatic N) is 1. The van der Waals surface area contributed by atoms with Gasteiger partial charge in [0.05, 0.1) is 12.6 Å². The largest absolute Gasteiger partial charge is 0.479 e. The van der Waals surface area contributed by atoms with Crippen molar-refractivity contribution < 1.29 is 24.2 Å². The van der Waals surface area contributed by atoms with Gasteiger partial charge in [0.15, 0.2) is 0 Å². The lowest BCUT2D eigenvalue weighted by Gasteiger charge is -2.58. The van der Waals surface area contributed by atoms with Crippen LogP contribution in [-0.4, -0.2) is 59.1 Å². The fourth-order valence-electron chi connectivity index (χ4n) is 3.74. The Bertz CT molecular complexity index is 719. The molecule has 7 nitrogen and oxygen atoms in total. The first-order valence-corrected chi connectivity index (χ1v) is 9.59. The molecular weight excluding hydrogens is 360 g/mol. The van der Waals surface area contributed by atoms with E-state index in [0.717, 1.165) is 5.56 Å². The van der Waals surface area contributed by atoms with Crippen molar-refractivity contribution >= 4 is 17.8 Å². The van der Waals surface area contributed by atoms with Crippen LogP contribution in [0.15, 0.2) is 30.3 Å². The van der Waals surface area contributed by atoms with Gasteiger partial charge in [0.1, 0.15) is 5.54 Å². The highest BCUT2D eigenvalue weighted by Crippen LogP contribution is 2.51. The Balaban J connectivity index is 2.02. The summed E-state index contributed by atoms with van der Waals surface area (Å²) in [6.07, 6.45) is 0.588. The lowest BCUT2D eigenvalue weighted by Crippen LogP contribution is -2.76. The summed E-state index contributed by atoms with van der Waals surface area (Å²) in [5.74, 6) is -1.79. The fraction of sp³-hybridized carbons (Fsp3) is 0.571. The summed E-state index contributed by atoms with van der Waals surface area (Å²) in [6, 6.07) is 9.68. The normalized spacial score (nSPS) is 22.8. The maximum atomic E-state index is 12.6. The third kappa shape index (κ3) is 4.35. The van der Waals surface area contributed by atoms with Crippen LogP contribution in [0.3, 0.4) is 0 Å². The number of carbonyl (C=O) groups is 3. The van der Waals surface area contributed by atoms with E-state index in [0.29, 0.717) is 19.6 Å². The van der Waals surface area contributed by atoms with Gasteiger partial charge >= 0.3 is 5.97 Å². The van der Waals surface area contributed by atoms with Crippen molar-refractivity contribution in [2.45, 2.75) is 52.2 Å². The van der Waals surface area contributed by atoms with E-state index in [4.69, 9.17) is 4.74 Å². The zero-order valence-corrected chi connectivity index (χ0v) is 17.0. The maximum Gasteiger partial charge on any atom is 0.330 e. The average Bonchev–Trinajstić information content (AvgIpc) is 2.64. The highest BCUT2D eigenvalue weighted by molar-refractivity contribution is 5.91. The van der Waals surface area contributed by atoms with E-state index in [1.54, 1.807) is 13.8 Å². The molecule has 0 spiro atoms. The van der Waals surface area contributed by atoms with Gasteiger partial charge in [-0.25, -0.2) is 4.79 Å². The van der Waals surface area contributed by atoms with Crippen molar-refractivity contribution in [3.05, 3.63) is 35.9 Å². The molecule has 0 aliphatic heterocycles. The lowest BCUT2D eigenvalue weighted by atomic mass is 9.54. The molecule has 28 heavy (non-hydrogen) atoms. The van der Waals surface area contributed by atoms with Crippen LogP contribution in [0.25, 0.3) is 0 Å². The third-order valence-corrected chi connectivity index (χ3v) is 5.78. The minimum absolute atomic E-state index is 0.174. The molecule has 1 saturated carbocycles. The molecule has 1 aliphatic rings. The molecule has 2 N–H and O–H groups in total. The van der Waals surface area contributed by atoms with Crippen LogP contribution in [-0.2, 0) is 25.5 Å². The number of carboxylic acid groups (broad SMARTS) is 1. The topological polar surface area (TPSA) is 95.9 Å². The summed E-state index contributed by atoms with van der Waals surface area (Å²) in [7, 11) is 0. The van der Waals surface area contributed by atoms with E-state index in [9.17, 15) is 19.5 Å². The monoisotopic (exact) mass is 390 g/mol. The van der Waals surface area contributed by atoms with Gasteiger partial charge in [-0.15, -0.1) is 0 Å². The highest BCUT2D eigenvalue weighted by atomic mass is 16.5. The number of hydrogen-bond donors (Lipinski definition) is 2. The second kappa shape index (κ2) is 8.73. The summed E-state index contributed by atoms with van der Waals surface area (Å²) in [6.45, 7) is 7.52. The minimum Gasteiger partial charge on any atom is -0.479 e. The van der Waals surface area contributed by atoms with Crippen LogP contribution in [0.2, 0.25) is 0 Å². The smallest absolute Gasteiger partial charge is 0.330 e. The molecule has 0 radical (unpaired) electrons. The SMILES string of the molecule is CCOC1CC(NC(=O)CN(CCc2ccccc2)C(C)=O)(C(=O)O)C1(C)C. The van der Waals surface area contributed by atoms with Gasteiger partial charge in [-0.05, 0) is 18.9 Å². The number of nitrogens with one attached hydrogen (secondary N) is 1. The van der Waals surface area contributed by atoms with Crippen LogP contribution in [0.5, 0.6) is 0 Å². The Morgan fingerprint density at radius 2 is 1.89 bits per heavy atom. The summed E-state index contributed by atoms with van der Waals surface area (Å²) >= 11 is 0. The molecule has 2 atom stereocenters. The van der Waals surface area contributed by atoms with E-state index >= 15 is 0 Å². The first-order chi connectivity index (χ1) is 13.1. The number of rotatable bonds is 9. The van der Waals surface area contributed by atoms with Crippen LogP contribution >= 0.6 is 0 Å². The van der Waals surface area contributed by atoms with Gasteiger partial charge < -0.3 is 20.1 Å². The van der Waals surface area contributed by atoms with Gasteiger partial charge in [0, 0.05) is 31.9 Å². The first-order valence-electron chi connectivity index (χ1n) is 9.59. The van der Waals surface area contributed by atoms with Gasteiger partial charge in [-0.2, -0.15) is 0 Å². The van der Waals surface area contributed by atoms with E-state index < -0.39 is 22.8 Å². The summed E-state index contributed by atoms with van der Waals surface area (Å²) in [4.78, 5) is 38.0. The molecule has 154 valence electrons. The van der Waals surface area contributed by atoms with Crippen LogP contribution in [0.1, 0.15) is 39.7 Å². The molecule has 1 fully saturated rings. The molecule has 0 saturated heterocycles. The van der Waals surface area contributed by atoms with Crippen LogP contribution in [0.4, 0.5) is 0 Å². The predicted molar refractivity (Wildman–Crippen MR) is 105 cm³/mol. The molecule has 7 heteroatoms. The molecule has 1 aliphatic carbocycles. The zero-order chi connectivity index (χ0) is 20.9. The molecule has 2 amide bonds. The van der Waals surface area contributed by atoms with Crippen molar-refractivity contribution in [2.75, 3.05) is 19.7 Å². The molecule has 0 aromatic heterocycles. The summed E-state index contributed by atoms with van der Waals surface area (Å²) in [5.41, 5.74) is -1.09. The Morgan fingerprint density at radius 1 is 1.25 bits per heavy atom. The van der Waals surface area contributed by atoms with E-state index in [2.05, 4.69) is 5.32 Å². The van der Waals surface area contributed by atoms with E-state index in [-0.39, 0.29) is 25.0 Å². The van der Waals surface area contributed by atoms with E-state index in [1.807, 2.05) is 37.3 Å². The number of ether oxygens (including phenoxy) is 1. The van der Waals surface area contributed by atoms with Crippen molar-refractivity contribution in [3.63, 3.8) is 0 Å². The lowest BCUT2D eigenvalue weighted by molar-refractivity contribution is -0.194. The second-order valence-electron chi connectivity index (χ2n) is 7.80. The number of aliphatic carboxylic acids is 1. The van der Waals surface area contributed by atoms with E-state index in [1.165, 1.54) is 11.8 Å². The van der Waals surface area contributed by atoms with Gasteiger partial charge in [-0.1, -0.05) is 44.2 Å². The Hall–Kier alpha value is -2.41. The Kier molecular flexibility index (Phi) is 6.82. The van der Waals surface area contributed by atoms with Crippen LogP contribution in [0, 0.1) is 5.41 Å². The quantitative estimate of drug-likeness (QED) is 0.671. The molecule has 1 aromatic rings. The average molecular weight is 390 g/mol. The van der Waals surface area contributed by atoms with Gasteiger partial charge in [0.2, 0.25) is 11.8 Å². The molecule has 1 aromatic carbocycles. The number of carboxylic acids is 1. The number of carbonyl (C=O) groups excluding carboxylic acids is 2. The molecule has 0 heterocycles. The third-order valence-electron chi connectivity index (χ3n) is 5.78. The van der Waals surface area contributed by atoms with Gasteiger partial charge in [0.25, 0.3) is 0 Å². The highest BCUT2D eigenvalue weighted by Gasteiger charge is 2.66. The van der Waals surface area contributed by atoms with Gasteiger partial charge in [-0.3, -0.25) is 9.59 Å². The van der Waals surface area contributed by atoms with Crippen molar-refractivity contribution in [1.29, 1.82) is 0 Å². The number of hydrogen-bond acceptors (Lipinski definition) is 4. The minimum atomic E-state index is -1.40. The number of amides is 2. The standard InChI is InChI=1S/C21H30N2O5/c1-5-28-17-13-21(19(26)27,20(17,3)4)22-18(25)14-23(15(2)24)12-11-16-9-7-6-8-10-16/h6-10,17H,5,11-14H2,1-4H3,(H,22,25)(H,26,27). The first kappa shape index (κ1) is 21.9. The van der Waals surface area contributed by atoms with Crippen molar-refractivity contribution in [2.24, 2.45) is 5.41 Å².